The number of benzene rings is 1. The van der Waals surface area contributed by atoms with Crippen molar-refractivity contribution in [3.63, 3.8) is 0 Å². The van der Waals surface area contributed by atoms with E-state index in [2.05, 4.69) is 25.2 Å². The van der Waals surface area contributed by atoms with Crippen molar-refractivity contribution in [1.29, 1.82) is 0 Å². The van der Waals surface area contributed by atoms with E-state index in [1.54, 1.807) is 11.3 Å². The molecule has 5 nitrogen and oxygen atoms in total. The average molecular weight is 448 g/mol. The quantitative estimate of drug-likeness (QED) is 0.545. The minimum atomic E-state index is -0.120. The Labute approximate surface area is 192 Å². The van der Waals surface area contributed by atoms with Gasteiger partial charge in [-0.15, -0.1) is 11.3 Å². The molecule has 0 unspecified atom stereocenters. The molecule has 0 bridgehead atoms. The standard InChI is InChI=1S/C26H29N3O2S/c1-16(2)23(21-13-8-14-32-21)28-25(30)22-18-11-6-7-12-20(18)27-24-19(22)15-29(26(24)31)17-9-4-3-5-10-17/h6-8,11-14,16-17,23H,3-5,9-10,15H2,1-2H3,(H,28,30)/t23-/m0/s1. The van der Waals surface area contributed by atoms with Gasteiger partial charge < -0.3 is 10.2 Å². The highest BCUT2D eigenvalue weighted by molar-refractivity contribution is 7.10. The molecule has 2 amide bonds. The fraction of sp³-hybridized carbons (Fsp3) is 0.423. The Bertz CT molecular complexity index is 1150. The van der Waals surface area contributed by atoms with Crippen molar-refractivity contribution in [1.82, 2.24) is 15.2 Å². The second kappa shape index (κ2) is 8.66. The van der Waals surface area contributed by atoms with Gasteiger partial charge in [0.2, 0.25) is 0 Å². The van der Waals surface area contributed by atoms with Gasteiger partial charge in [0.05, 0.1) is 17.1 Å². The van der Waals surface area contributed by atoms with E-state index >= 15 is 0 Å². The van der Waals surface area contributed by atoms with E-state index in [4.69, 9.17) is 4.98 Å². The van der Waals surface area contributed by atoms with Gasteiger partial charge in [0.1, 0.15) is 5.69 Å². The first kappa shape index (κ1) is 21.1. The fourth-order valence-corrected chi connectivity index (χ4v) is 6.10. The van der Waals surface area contributed by atoms with Gasteiger partial charge in [0.25, 0.3) is 11.8 Å². The number of thiophene rings is 1. The molecule has 0 saturated heterocycles. The predicted molar refractivity (Wildman–Crippen MR) is 128 cm³/mol. The molecule has 1 aromatic carbocycles. The van der Waals surface area contributed by atoms with E-state index in [-0.39, 0.29) is 29.8 Å². The van der Waals surface area contributed by atoms with Gasteiger partial charge in [-0.25, -0.2) is 4.98 Å². The van der Waals surface area contributed by atoms with Crippen molar-refractivity contribution in [2.45, 2.75) is 64.6 Å². The highest BCUT2D eigenvalue weighted by Gasteiger charge is 2.38. The molecule has 0 spiro atoms. The monoisotopic (exact) mass is 447 g/mol. The number of aromatic nitrogens is 1. The summed E-state index contributed by atoms with van der Waals surface area (Å²) in [4.78, 5) is 34.9. The maximum Gasteiger partial charge on any atom is 0.273 e. The van der Waals surface area contributed by atoms with Gasteiger partial charge in [0.15, 0.2) is 0 Å². The van der Waals surface area contributed by atoms with Crippen molar-refractivity contribution in [2.75, 3.05) is 0 Å². The number of nitrogens with zero attached hydrogens (tertiary/aromatic N) is 2. The summed E-state index contributed by atoms with van der Waals surface area (Å²) in [5, 5.41) is 6.13. The molecule has 6 heteroatoms. The van der Waals surface area contributed by atoms with E-state index in [0.29, 0.717) is 23.3 Å². The SMILES string of the molecule is CC(C)[C@H](NC(=O)c1c2c(nc3ccccc13)C(=O)N(C1CCCCC1)C2)c1cccs1. The van der Waals surface area contributed by atoms with E-state index in [1.165, 1.54) is 6.42 Å². The Morgan fingerprint density at radius 1 is 1.12 bits per heavy atom. The van der Waals surface area contributed by atoms with E-state index in [0.717, 1.165) is 41.5 Å². The zero-order valence-electron chi connectivity index (χ0n) is 18.6. The Hall–Kier alpha value is -2.73. The topological polar surface area (TPSA) is 62.3 Å². The van der Waals surface area contributed by atoms with Crippen molar-refractivity contribution in [2.24, 2.45) is 5.92 Å². The first-order valence-corrected chi connectivity index (χ1v) is 12.5. The second-order valence-electron chi connectivity index (χ2n) is 9.27. The molecule has 1 atom stereocenters. The van der Waals surface area contributed by atoms with Gasteiger partial charge >= 0.3 is 0 Å². The van der Waals surface area contributed by atoms with Crippen LogP contribution >= 0.6 is 11.3 Å². The van der Waals surface area contributed by atoms with Crippen LogP contribution in [-0.4, -0.2) is 27.7 Å². The van der Waals surface area contributed by atoms with Gasteiger partial charge in [-0.2, -0.15) is 0 Å². The van der Waals surface area contributed by atoms with Gasteiger partial charge in [-0.3, -0.25) is 9.59 Å². The number of rotatable bonds is 5. The molecule has 1 fully saturated rings. The maximum absolute atomic E-state index is 13.8. The minimum absolute atomic E-state index is 0.0228. The predicted octanol–water partition coefficient (Wildman–Crippen LogP) is 5.71. The number of nitrogens with one attached hydrogen (secondary N) is 1. The van der Waals surface area contributed by atoms with Crippen LogP contribution in [-0.2, 0) is 6.54 Å². The van der Waals surface area contributed by atoms with E-state index < -0.39 is 0 Å². The molecular weight excluding hydrogens is 418 g/mol. The van der Waals surface area contributed by atoms with Crippen LogP contribution in [0.5, 0.6) is 0 Å². The Kier molecular flexibility index (Phi) is 5.72. The third-order valence-electron chi connectivity index (χ3n) is 6.83. The van der Waals surface area contributed by atoms with Crippen LogP contribution in [0, 0.1) is 5.92 Å². The average Bonchev–Trinajstić information content (AvgIpc) is 3.45. The van der Waals surface area contributed by atoms with E-state index in [1.807, 2.05) is 40.6 Å². The lowest BCUT2D eigenvalue weighted by atomic mass is 9.94. The number of hydrogen-bond acceptors (Lipinski definition) is 4. The molecule has 0 radical (unpaired) electrons. The van der Waals surface area contributed by atoms with Crippen molar-refractivity contribution in [3.8, 4) is 0 Å². The largest absolute Gasteiger partial charge is 0.344 e. The highest BCUT2D eigenvalue weighted by atomic mass is 32.1. The molecule has 5 rings (SSSR count). The Morgan fingerprint density at radius 2 is 1.91 bits per heavy atom. The zero-order valence-corrected chi connectivity index (χ0v) is 19.5. The summed E-state index contributed by atoms with van der Waals surface area (Å²) < 4.78 is 0. The molecule has 1 aliphatic heterocycles. The van der Waals surface area contributed by atoms with Crippen molar-refractivity contribution in [3.05, 3.63) is 63.5 Å². The van der Waals surface area contributed by atoms with Crippen LogP contribution in [0.1, 0.15) is 83.3 Å². The number of carbonyl (C=O) groups is 2. The minimum Gasteiger partial charge on any atom is -0.344 e. The van der Waals surface area contributed by atoms with Crippen LogP contribution in [0.3, 0.4) is 0 Å². The van der Waals surface area contributed by atoms with Gasteiger partial charge in [0, 0.05) is 28.4 Å². The third kappa shape index (κ3) is 3.71. The maximum atomic E-state index is 13.8. The summed E-state index contributed by atoms with van der Waals surface area (Å²) in [6.45, 7) is 4.72. The first-order chi connectivity index (χ1) is 15.5. The summed E-state index contributed by atoms with van der Waals surface area (Å²) >= 11 is 1.66. The fourth-order valence-electron chi connectivity index (χ4n) is 5.16. The number of para-hydroxylation sites is 1. The van der Waals surface area contributed by atoms with Crippen LogP contribution < -0.4 is 5.32 Å². The number of carbonyl (C=O) groups excluding carboxylic acids is 2. The Balaban J connectivity index is 1.56. The molecule has 1 saturated carbocycles. The van der Waals surface area contributed by atoms with Crippen molar-refractivity contribution < 1.29 is 9.59 Å². The molecule has 3 aromatic rings. The lowest BCUT2D eigenvalue weighted by molar-refractivity contribution is 0.0655. The molecule has 2 aliphatic rings. The summed E-state index contributed by atoms with van der Waals surface area (Å²) in [5.74, 6) is 0.106. The highest BCUT2D eigenvalue weighted by Crippen LogP contribution is 2.35. The lowest BCUT2D eigenvalue weighted by Crippen LogP contribution is -2.37. The summed E-state index contributed by atoms with van der Waals surface area (Å²) in [7, 11) is 0. The van der Waals surface area contributed by atoms with Crippen LogP contribution in [0.2, 0.25) is 0 Å². The molecule has 32 heavy (non-hydrogen) atoms. The van der Waals surface area contributed by atoms with Crippen molar-refractivity contribution >= 4 is 34.1 Å². The van der Waals surface area contributed by atoms with E-state index in [9.17, 15) is 9.59 Å². The second-order valence-corrected chi connectivity index (χ2v) is 10.2. The molecular formula is C26H29N3O2S. The molecule has 1 N–H and O–H groups in total. The molecule has 3 heterocycles. The number of pyridine rings is 1. The first-order valence-electron chi connectivity index (χ1n) is 11.6. The van der Waals surface area contributed by atoms with Gasteiger partial charge in [-0.05, 0) is 36.3 Å². The molecule has 2 aromatic heterocycles. The number of fused-ring (bicyclic) bond motifs is 2. The Morgan fingerprint density at radius 3 is 2.62 bits per heavy atom. The lowest BCUT2D eigenvalue weighted by Gasteiger charge is -2.30. The number of hydrogen-bond donors (Lipinski definition) is 1. The summed E-state index contributed by atoms with van der Waals surface area (Å²) in [6.07, 6.45) is 5.62. The molecule has 166 valence electrons. The van der Waals surface area contributed by atoms with Crippen LogP contribution in [0.25, 0.3) is 10.9 Å². The third-order valence-corrected chi connectivity index (χ3v) is 7.79. The van der Waals surface area contributed by atoms with Crippen LogP contribution in [0.4, 0.5) is 0 Å². The summed E-state index contributed by atoms with van der Waals surface area (Å²) in [6, 6.07) is 11.9. The zero-order chi connectivity index (χ0) is 22.2. The smallest absolute Gasteiger partial charge is 0.273 e. The normalized spacial score (nSPS) is 17.7. The van der Waals surface area contributed by atoms with Gasteiger partial charge in [-0.1, -0.05) is 57.4 Å². The number of amides is 2. The van der Waals surface area contributed by atoms with Crippen LogP contribution in [0.15, 0.2) is 41.8 Å². The summed E-state index contributed by atoms with van der Waals surface area (Å²) in [5.41, 5.74) is 2.55. The molecule has 1 aliphatic carbocycles.